The summed E-state index contributed by atoms with van der Waals surface area (Å²) < 4.78 is 0. The normalized spacial score (nSPS) is 19.4. The Morgan fingerprint density at radius 1 is 1.15 bits per heavy atom. The van der Waals surface area contributed by atoms with Crippen molar-refractivity contribution in [2.75, 3.05) is 0 Å². The molecule has 0 saturated carbocycles. The first kappa shape index (κ1) is 13.3. The molecule has 20 heavy (non-hydrogen) atoms. The highest BCUT2D eigenvalue weighted by Crippen LogP contribution is 2.28. The highest BCUT2D eigenvalue weighted by atomic mass is 15.2. The Morgan fingerprint density at radius 3 is 2.65 bits per heavy atom. The van der Waals surface area contributed by atoms with Gasteiger partial charge in [0.15, 0.2) is 0 Å². The summed E-state index contributed by atoms with van der Waals surface area (Å²) in [5, 5.41) is 0. The van der Waals surface area contributed by atoms with E-state index in [1.54, 1.807) is 0 Å². The molecular formula is C17H21N3. The molecule has 0 saturated heterocycles. The van der Waals surface area contributed by atoms with Crippen LogP contribution in [0.4, 0.5) is 0 Å². The SMILES string of the molecule is NNC(Cc1ccncc1)C1CCc2ccccc2C1. The van der Waals surface area contributed by atoms with Crippen LogP contribution in [0.2, 0.25) is 0 Å². The summed E-state index contributed by atoms with van der Waals surface area (Å²) in [5.41, 5.74) is 7.31. The number of aromatic nitrogens is 1. The van der Waals surface area contributed by atoms with Gasteiger partial charge in [0.1, 0.15) is 0 Å². The van der Waals surface area contributed by atoms with E-state index in [-0.39, 0.29) is 0 Å². The molecule has 1 aromatic heterocycles. The minimum atomic E-state index is 0.325. The molecule has 1 heterocycles. The maximum Gasteiger partial charge on any atom is 0.0282 e. The largest absolute Gasteiger partial charge is 0.271 e. The minimum absolute atomic E-state index is 0.325. The standard InChI is InChI=1S/C17H21N3/c18-20-17(11-13-7-9-19-10-8-13)16-6-5-14-3-1-2-4-15(14)12-16/h1-4,7-10,16-17,20H,5-6,11-12,18H2. The quantitative estimate of drug-likeness (QED) is 0.660. The summed E-state index contributed by atoms with van der Waals surface area (Å²) in [6.45, 7) is 0. The topological polar surface area (TPSA) is 50.9 Å². The molecule has 0 spiro atoms. The van der Waals surface area contributed by atoms with E-state index in [1.165, 1.54) is 23.1 Å². The molecule has 104 valence electrons. The van der Waals surface area contributed by atoms with Gasteiger partial charge in [0, 0.05) is 18.4 Å². The fourth-order valence-corrected chi connectivity index (χ4v) is 3.20. The molecule has 2 unspecified atom stereocenters. The predicted octanol–water partition coefficient (Wildman–Crippen LogP) is 2.26. The van der Waals surface area contributed by atoms with Gasteiger partial charge in [-0.15, -0.1) is 0 Å². The van der Waals surface area contributed by atoms with Gasteiger partial charge in [-0.3, -0.25) is 16.3 Å². The van der Waals surface area contributed by atoms with Gasteiger partial charge in [0.05, 0.1) is 0 Å². The van der Waals surface area contributed by atoms with Crippen LogP contribution in [0.1, 0.15) is 23.1 Å². The number of nitrogens with two attached hydrogens (primary N) is 1. The van der Waals surface area contributed by atoms with Gasteiger partial charge >= 0.3 is 0 Å². The van der Waals surface area contributed by atoms with E-state index in [9.17, 15) is 0 Å². The van der Waals surface area contributed by atoms with Gasteiger partial charge in [0.2, 0.25) is 0 Å². The summed E-state index contributed by atoms with van der Waals surface area (Å²) in [6.07, 6.45) is 8.15. The average Bonchev–Trinajstić information content (AvgIpc) is 2.53. The van der Waals surface area contributed by atoms with Crippen LogP contribution in [0, 0.1) is 5.92 Å². The van der Waals surface area contributed by atoms with Gasteiger partial charge in [-0.05, 0) is 60.4 Å². The highest BCUT2D eigenvalue weighted by molar-refractivity contribution is 5.30. The number of pyridine rings is 1. The van der Waals surface area contributed by atoms with Gasteiger partial charge < -0.3 is 0 Å². The number of hydrazine groups is 1. The molecule has 2 atom stereocenters. The third kappa shape index (κ3) is 2.89. The molecule has 0 amide bonds. The molecular weight excluding hydrogens is 246 g/mol. The van der Waals surface area contributed by atoms with Gasteiger partial charge in [0.25, 0.3) is 0 Å². The summed E-state index contributed by atoms with van der Waals surface area (Å²) in [6, 6.07) is 13.2. The fourth-order valence-electron chi connectivity index (χ4n) is 3.20. The van der Waals surface area contributed by atoms with Crippen molar-refractivity contribution in [3.8, 4) is 0 Å². The van der Waals surface area contributed by atoms with E-state index < -0.39 is 0 Å². The average molecular weight is 267 g/mol. The zero-order valence-electron chi connectivity index (χ0n) is 11.6. The molecule has 1 aliphatic carbocycles. The molecule has 2 aromatic rings. The van der Waals surface area contributed by atoms with Crippen molar-refractivity contribution in [3.05, 3.63) is 65.5 Å². The lowest BCUT2D eigenvalue weighted by atomic mass is 9.78. The van der Waals surface area contributed by atoms with Gasteiger partial charge in [-0.25, -0.2) is 0 Å². The van der Waals surface area contributed by atoms with E-state index in [0.717, 1.165) is 19.3 Å². The van der Waals surface area contributed by atoms with E-state index in [2.05, 4.69) is 46.8 Å². The lowest BCUT2D eigenvalue weighted by molar-refractivity contribution is 0.321. The Kier molecular flexibility index (Phi) is 4.09. The first-order chi connectivity index (χ1) is 9.86. The Bertz CT molecular complexity index is 553. The van der Waals surface area contributed by atoms with Crippen molar-refractivity contribution in [1.29, 1.82) is 0 Å². The van der Waals surface area contributed by atoms with Crippen molar-refractivity contribution in [2.45, 2.75) is 31.7 Å². The fraction of sp³-hybridized carbons (Fsp3) is 0.353. The van der Waals surface area contributed by atoms with Crippen molar-refractivity contribution in [2.24, 2.45) is 11.8 Å². The van der Waals surface area contributed by atoms with Crippen molar-refractivity contribution >= 4 is 0 Å². The van der Waals surface area contributed by atoms with Crippen LogP contribution in [0.5, 0.6) is 0 Å². The van der Waals surface area contributed by atoms with Crippen LogP contribution in [0.25, 0.3) is 0 Å². The predicted molar refractivity (Wildman–Crippen MR) is 81.0 cm³/mol. The van der Waals surface area contributed by atoms with E-state index in [4.69, 9.17) is 5.84 Å². The summed E-state index contributed by atoms with van der Waals surface area (Å²) in [4.78, 5) is 4.07. The van der Waals surface area contributed by atoms with Crippen LogP contribution in [0.15, 0.2) is 48.8 Å². The second-order valence-corrected chi connectivity index (χ2v) is 5.60. The first-order valence-corrected chi connectivity index (χ1v) is 7.28. The van der Waals surface area contributed by atoms with Crippen LogP contribution < -0.4 is 11.3 Å². The van der Waals surface area contributed by atoms with Gasteiger partial charge in [-0.1, -0.05) is 24.3 Å². The molecule has 3 nitrogen and oxygen atoms in total. The van der Waals surface area contributed by atoms with Crippen molar-refractivity contribution in [1.82, 2.24) is 10.4 Å². The second-order valence-electron chi connectivity index (χ2n) is 5.60. The third-order valence-corrected chi connectivity index (χ3v) is 4.37. The number of hydrogen-bond acceptors (Lipinski definition) is 3. The number of hydrogen-bond donors (Lipinski definition) is 2. The first-order valence-electron chi connectivity index (χ1n) is 7.28. The summed E-state index contributed by atoms with van der Waals surface area (Å²) in [7, 11) is 0. The van der Waals surface area contributed by atoms with Crippen molar-refractivity contribution in [3.63, 3.8) is 0 Å². The number of nitrogens with one attached hydrogen (secondary N) is 1. The lowest BCUT2D eigenvalue weighted by Gasteiger charge is -2.31. The number of rotatable bonds is 4. The second kappa shape index (κ2) is 6.16. The zero-order valence-corrected chi connectivity index (χ0v) is 11.6. The monoisotopic (exact) mass is 267 g/mol. The van der Waals surface area contributed by atoms with Crippen LogP contribution in [-0.2, 0) is 19.3 Å². The molecule has 3 N–H and O–H groups in total. The summed E-state index contributed by atoms with van der Waals surface area (Å²) >= 11 is 0. The van der Waals surface area contributed by atoms with E-state index in [0.29, 0.717) is 12.0 Å². The number of fused-ring (bicyclic) bond motifs is 1. The van der Waals surface area contributed by atoms with Gasteiger partial charge in [-0.2, -0.15) is 0 Å². The smallest absolute Gasteiger partial charge is 0.0282 e. The molecule has 3 heteroatoms. The van der Waals surface area contributed by atoms with Crippen molar-refractivity contribution < 1.29 is 0 Å². The Morgan fingerprint density at radius 2 is 1.90 bits per heavy atom. The van der Waals surface area contributed by atoms with Crippen LogP contribution in [-0.4, -0.2) is 11.0 Å². The van der Waals surface area contributed by atoms with E-state index in [1.807, 2.05) is 12.4 Å². The Labute approximate surface area is 120 Å². The lowest BCUT2D eigenvalue weighted by Crippen LogP contribution is -2.44. The molecule has 1 aliphatic rings. The molecule has 0 radical (unpaired) electrons. The number of benzene rings is 1. The minimum Gasteiger partial charge on any atom is -0.271 e. The number of aryl methyl sites for hydroxylation is 1. The van der Waals surface area contributed by atoms with Crippen LogP contribution in [0.3, 0.4) is 0 Å². The highest BCUT2D eigenvalue weighted by Gasteiger charge is 2.25. The molecule has 0 bridgehead atoms. The maximum absolute atomic E-state index is 5.81. The Balaban J connectivity index is 1.72. The zero-order chi connectivity index (χ0) is 13.8. The summed E-state index contributed by atoms with van der Waals surface area (Å²) in [5.74, 6) is 6.41. The molecule has 1 aromatic carbocycles. The molecule has 0 fully saturated rings. The molecule has 3 rings (SSSR count). The van der Waals surface area contributed by atoms with E-state index >= 15 is 0 Å². The number of nitrogens with zero attached hydrogens (tertiary/aromatic N) is 1. The van der Waals surface area contributed by atoms with Crippen LogP contribution >= 0.6 is 0 Å². The molecule has 0 aliphatic heterocycles. The third-order valence-electron chi connectivity index (χ3n) is 4.37. The Hall–Kier alpha value is -1.71. The maximum atomic E-state index is 5.81.